The lowest BCUT2D eigenvalue weighted by Crippen LogP contribution is -2.09. The van der Waals surface area contributed by atoms with E-state index in [4.69, 9.17) is 24.8 Å². The third kappa shape index (κ3) is 5.65. The summed E-state index contributed by atoms with van der Waals surface area (Å²) in [7, 11) is 4.73. The van der Waals surface area contributed by atoms with Crippen molar-refractivity contribution >= 4 is 24.2 Å². The second-order valence-electron chi connectivity index (χ2n) is 6.19. The van der Waals surface area contributed by atoms with Crippen LogP contribution in [-0.2, 0) is 17.9 Å². The van der Waals surface area contributed by atoms with E-state index in [1.54, 1.807) is 27.5 Å². The maximum absolute atomic E-state index is 5.76. The Labute approximate surface area is 181 Å². The summed E-state index contributed by atoms with van der Waals surface area (Å²) in [6.07, 6.45) is 2.17. The number of hydrogen-bond acceptors (Lipinski definition) is 8. The number of ether oxygens (including phenoxy) is 3. The van der Waals surface area contributed by atoms with Crippen LogP contribution >= 0.6 is 12.4 Å². The SMILES string of the molecule is COc1cc(Cc2cnc(N)nc2NOCc2ccccc2)cc(OC)c1OC.Cl. The number of nitrogens with two attached hydrogens (primary N) is 1. The third-order valence-electron chi connectivity index (χ3n) is 4.25. The molecular weight excluding hydrogens is 408 g/mol. The fourth-order valence-electron chi connectivity index (χ4n) is 2.86. The van der Waals surface area contributed by atoms with Crippen LogP contribution in [-0.4, -0.2) is 31.3 Å². The molecule has 0 bridgehead atoms. The number of methoxy groups -OCH3 is 3. The van der Waals surface area contributed by atoms with Crippen LogP contribution in [0.3, 0.4) is 0 Å². The maximum atomic E-state index is 5.76. The quantitative estimate of drug-likeness (QED) is 0.494. The number of aromatic nitrogens is 2. The Morgan fingerprint density at radius 1 is 0.933 bits per heavy atom. The lowest BCUT2D eigenvalue weighted by atomic mass is 10.1. The van der Waals surface area contributed by atoms with Gasteiger partial charge in [-0.05, 0) is 23.3 Å². The minimum absolute atomic E-state index is 0. The summed E-state index contributed by atoms with van der Waals surface area (Å²) in [6.45, 7) is 0.383. The Kier molecular flexibility index (Phi) is 8.52. The molecule has 0 unspecified atom stereocenters. The number of anilines is 2. The first kappa shape index (κ1) is 23.1. The number of nitrogens with one attached hydrogen (secondary N) is 1. The molecule has 30 heavy (non-hydrogen) atoms. The Morgan fingerprint density at radius 3 is 2.20 bits per heavy atom. The molecule has 3 rings (SSSR count). The average Bonchev–Trinajstić information content (AvgIpc) is 2.75. The molecule has 0 amide bonds. The minimum Gasteiger partial charge on any atom is -0.493 e. The van der Waals surface area contributed by atoms with Crippen LogP contribution in [0.25, 0.3) is 0 Å². The van der Waals surface area contributed by atoms with Gasteiger partial charge in [0.15, 0.2) is 17.3 Å². The number of nitrogens with zero attached hydrogens (tertiary/aromatic N) is 2. The van der Waals surface area contributed by atoms with Crippen molar-refractivity contribution in [1.82, 2.24) is 9.97 Å². The van der Waals surface area contributed by atoms with E-state index in [1.807, 2.05) is 42.5 Å². The molecule has 0 spiro atoms. The Balaban J connectivity index is 0.00000320. The van der Waals surface area contributed by atoms with Gasteiger partial charge < -0.3 is 19.9 Å². The summed E-state index contributed by atoms with van der Waals surface area (Å²) >= 11 is 0. The van der Waals surface area contributed by atoms with Crippen molar-refractivity contribution in [2.24, 2.45) is 0 Å². The van der Waals surface area contributed by atoms with E-state index in [0.717, 1.165) is 16.7 Å². The van der Waals surface area contributed by atoms with Crippen LogP contribution in [0.4, 0.5) is 11.8 Å². The van der Waals surface area contributed by atoms with Crippen LogP contribution in [0.2, 0.25) is 0 Å². The molecule has 0 aliphatic heterocycles. The van der Waals surface area contributed by atoms with Gasteiger partial charge in [-0.2, -0.15) is 4.98 Å². The molecule has 0 fully saturated rings. The predicted octanol–water partition coefficient (Wildman–Crippen LogP) is 3.64. The number of rotatable bonds is 9. The molecule has 3 aromatic rings. The number of benzene rings is 2. The van der Waals surface area contributed by atoms with Crippen LogP contribution < -0.4 is 25.4 Å². The summed E-state index contributed by atoms with van der Waals surface area (Å²) in [5, 5.41) is 0. The molecule has 9 heteroatoms. The zero-order valence-electron chi connectivity index (χ0n) is 17.0. The Hall–Kier alpha value is -3.23. The molecule has 0 atom stereocenters. The molecule has 0 saturated heterocycles. The molecule has 0 aliphatic carbocycles. The topological polar surface area (TPSA) is 101 Å². The fourth-order valence-corrected chi connectivity index (χ4v) is 2.86. The predicted molar refractivity (Wildman–Crippen MR) is 117 cm³/mol. The molecule has 8 nitrogen and oxygen atoms in total. The van der Waals surface area contributed by atoms with Gasteiger partial charge >= 0.3 is 0 Å². The third-order valence-corrected chi connectivity index (χ3v) is 4.25. The maximum Gasteiger partial charge on any atom is 0.222 e. The summed E-state index contributed by atoms with van der Waals surface area (Å²) in [5.74, 6) is 2.35. The molecule has 0 radical (unpaired) electrons. The van der Waals surface area contributed by atoms with Gasteiger partial charge in [0, 0.05) is 18.2 Å². The molecule has 160 valence electrons. The smallest absolute Gasteiger partial charge is 0.222 e. The van der Waals surface area contributed by atoms with Gasteiger partial charge in [-0.15, -0.1) is 12.4 Å². The van der Waals surface area contributed by atoms with Crippen LogP contribution in [0.5, 0.6) is 17.2 Å². The van der Waals surface area contributed by atoms with Crippen molar-refractivity contribution < 1.29 is 19.0 Å². The molecule has 0 aliphatic rings. The van der Waals surface area contributed by atoms with Gasteiger partial charge in [0.05, 0.1) is 27.9 Å². The lowest BCUT2D eigenvalue weighted by Gasteiger charge is -2.15. The highest BCUT2D eigenvalue weighted by molar-refractivity contribution is 5.85. The van der Waals surface area contributed by atoms with E-state index in [-0.39, 0.29) is 18.4 Å². The van der Waals surface area contributed by atoms with Gasteiger partial charge in [-0.25, -0.2) is 10.5 Å². The van der Waals surface area contributed by atoms with Crippen molar-refractivity contribution in [2.75, 3.05) is 32.5 Å². The molecular formula is C21H25ClN4O4. The second kappa shape index (κ2) is 11.1. The zero-order valence-corrected chi connectivity index (χ0v) is 17.9. The van der Waals surface area contributed by atoms with Crippen molar-refractivity contribution in [3.63, 3.8) is 0 Å². The van der Waals surface area contributed by atoms with E-state index in [9.17, 15) is 0 Å². The standard InChI is InChI=1S/C21H24N4O4.ClH/c1-26-17-10-15(11-18(27-2)19(17)28-3)9-16-12-23-21(22)24-20(16)25-29-13-14-7-5-4-6-8-14;/h4-8,10-12H,9,13H2,1-3H3,(H3,22,23,24,25);1H. The van der Waals surface area contributed by atoms with E-state index in [2.05, 4.69) is 15.4 Å². The lowest BCUT2D eigenvalue weighted by molar-refractivity contribution is 0.178. The monoisotopic (exact) mass is 432 g/mol. The summed E-state index contributed by atoms with van der Waals surface area (Å²) in [5.41, 5.74) is 11.4. The molecule has 0 saturated carbocycles. The Morgan fingerprint density at radius 2 is 1.60 bits per heavy atom. The fraction of sp³-hybridized carbons (Fsp3) is 0.238. The van der Waals surface area contributed by atoms with Crippen molar-refractivity contribution in [3.8, 4) is 17.2 Å². The highest BCUT2D eigenvalue weighted by Gasteiger charge is 2.15. The normalized spacial score (nSPS) is 10.1. The number of hydrogen-bond donors (Lipinski definition) is 2. The van der Waals surface area contributed by atoms with E-state index < -0.39 is 0 Å². The first-order valence-corrected chi connectivity index (χ1v) is 8.96. The number of nitrogen functional groups attached to an aromatic ring is 1. The number of halogens is 1. The summed E-state index contributed by atoms with van der Waals surface area (Å²) < 4.78 is 16.2. The highest BCUT2D eigenvalue weighted by atomic mass is 35.5. The summed E-state index contributed by atoms with van der Waals surface area (Å²) in [6, 6.07) is 13.6. The minimum atomic E-state index is 0. The van der Waals surface area contributed by atoms with Crippen molar-refractivity contribution in [1.29, 1.82) is 0 Å². The first-order chi connectivity index (χ1) is 14.1. The molecule has 1 heterocycles. The Bertz CT molecular complexity index is 932. The van der Waals surface area contributed by atoms with Crippen molar-refractivity contribution in [3.05, 3.63) is 65.4 Å². The van der Waals surface area contributed by atoms with Gasteiger partial charge in [-0.1, -0.05) is 30.3 Å². The van der Waals surface area contributed by atoms with Crippen LogP contribution in [0.1, 0.15) is 16.7 Å². The second-order valence-corrected chi connectivity index (χ2v) is 6.19. The molecule has 3 N–H and O–H groups in total. The van der Waals surface area contributed by atoms with Gasteiger partial charge in [0.2, 0.25) is 11.7 Å². The summed E-state index contributed by atoms with van der Waals surface area (Å²) in [4.78, 5) is 14.0. The molecule has 1 aromatic heterocycles. The van der Waals surface area contributed by atoms with E-state index in [0.29, 0.717) is 36.1 Å². The van der Waals surface area contributed by atoms with Crippen LogP contribution in [0.15, 0.2) is 48.7 Å². The highest BCUT2D eigenvalue weighted by Crippen LogP contribution is 2.39. The van der Waals surface area contributed by atoms with Crippen LogP contribution in [0, 0.1) is 0 Å². The van der Waals surface area contributed by atoms with E-state index >= 15 is 0 Å². The largest absolute Gasteiger partial charge is 0.493 e. The molecule has 2 aromatic carbocycles. The average molecular weight is 433 g/mol. The van der Waals surface area contributed by atoms with E-state index in [1.165, 1.54) is 0 Å². The van der Waals surface area contributed by atoms with Gasteiger partial charge in [0.25, 0.3) is 0 Å². The zero-order chi connectivity index (χ0) is 20.6. The first-order valence-electron chi connectivity index (χ1n) is 8.96. The van der Waals surface area contributed by atoms with Gasteiger partial charge in [0.1, 0.15) is 0 Å². The van der Waals surface area contributed by atoms with Gasteiger partial charge in [-0.3, -0.25) is 4.84 Å². The van der Waals surface area contributed by atoms with Crippen molar-refractivity contribution in [2.45, 2.75) is 13.0 Å².